The fourth-order valence-electron chi connectivity index (χ4n) is 2.17. The van der Waals surface area contributed by atoms with Crippen molar-refractivity contribution in [3.05, 3.63) is 44.9 Å². The van der Waals surface area contributed by atoms with Gasteiger partial charge in [0.15, 0.2) is 0 Å². The SMILES string of the molecule is CCc1cnc(Cn2c(CCl)nc3cc(Cl)c(F)cc32)s1. The van der Waals surface area contributed by atoms with Gasteiger partial charge in [0.05, 0.1) is 28.5 Å². The van der Waals surface area contributed by atoms with Crippen molar-refractivity contribution in [2.45, 2.75) is 25.8 Å². The standard InChI is InChI=1S/C14H12Cl2FN3S/c1-2-8-6-18-14(21-8)7-20-12-4-10(17)9(16)3-11(12)19-13(20)5-15/h3-4,6H,2,5,7H2,1H3. The molecule has 0 aliphatic heterocycles. The summed E-state index contributed by atoms with van der Waals surface area (Å²) in [5.74, 6) is 0.473. The van der Waals surface area contributed by atoms with E-state index in [1.165, 1.54) is 17.0 Å². The lowest BCUT2D eigenvalue weighted by Gasteiger charge is -2.05. The number of aromatic nitrogens is 3. The monoisotopic (exact) mass is 343 g/mol. The van der Waals surface area contributed by atoms with Gasteiger partial charge in [0.1, 0.15) is 16.6 Å². The van der Waals surface area contributed by atoms with Crippen LogP contribution in [0, 0.1) is 5.82 Å². The summed E-state index contributed by atoms with van der Waals surface area (Å²) in [7, 11) is 0. The van der Waals surface area contributed by atoms with Gasteiger partial charge in [-0.15, -0.1) is 22.9 Å². The van der Waals surface area contributed by atoms with Crippen molar-refractivity contribution in [2.24, 2.45) is 0 Å². The third-order valence-corrected chi connectivity index (χ3v) is 4.89. The number of benzene rings is 1. The van der Waals surface area contributed by atoms with E-state index < -0.39 is 5.82 Å². The molecule has 110 valence electrons. The molecule has 0 unspecified atom stereocenters. The first kappa shape index (κ1) is 14.8. The largest absolute Gasteiger partial charge is 0.320 e. The molecule has 0 saturated carbocycles. The Balaban J connectivity index is 2.09. The smallest absolute Gasteiger partial charge is 0.144 e. The highest BCUT2D eigenvalue weighted by molar-refractivity contribution is 7.11. The zero-order valence-corrected chi connectivity index (χ0v) is 13.6. The zero-order valence-electron chi connectivity index (χ0n) is 11.2. The van der Waals surface area contributed by atoms with Crippen LogP contribution >= 0.6 is 34.5 Å². The highest BCUT2D eigenvalue weighted by Crippen LogP contribution is 2.26. The van der Waals surface area contributed by atoms with Gasteiger partial charge in [-0.1, -0.05) is 18.5 Å². The summed E-state index contributed by atoms with van der Waals surface area (Å²) in [6.45, 7) is 2.62. The maximum Gasteiger partial charge on any atom is 0.144 e. The Bertz CT molecular complexity index is 797. The van der Waals surface area contributed by atoms with Crippen molar-refractivity contribution in [2.75, 3.05) is 0 Å². The van der Waals surface area contributed by atoms with Crippen LogP contribution in [0.1, 0.15) is 22.6 Å². The van der Waals surface area contributed by atoms with Crippen LogP contribution in [0.15, 0.2) is 18.3 Å². The van der Waals surface area contributed by atoms with E-state index in [-0.39, 0.29) is 10.9 Å². The highest BCUT2D eigenvalue weighted by Gasteiger charge is 2.14. The number of rotatable bonds is 4. The fraction of sp³-hybridized carbons (Fsp3) is 0.286. The molecule has 0 bridgehead atoms. The van der Waals surface area contributed by atoms with E-state index in [2.05, 4.69) is 16.9 Å². The maximum atomic E-state index is 13.7. The molecule has 0 fully saturated rings. The second-order valence-electron chi connectivity index (χ2n) is 4.58. The van der Waals surface area contributed by atoms with Crippen LogP contribution in [-0.2, 0) is 18.8 Å². The van der Waals surface area contributed by atoms with Crippen molar-refractivity contribution < 1.29 is 4.39 Å². The van der Waals surface area contributed by atoms with Crippen LogP contribution < -0.4 is 0 Å². The molecule has 3 nitrogen and oxygen atoms in total. The number of imidazole rings is 1. The lowest BCUT2D eigenvalue weighted by atomic mass is 10.3. The summed E-state index contributed by atoms with van der Waals surface area (Å²) in [5.41, 5.74) is 1.32. The minimum Gasteiger partial charge on any atom is -0.320 e. The molecule has 0 radical (unpaired) electrons. The average molecular weight is 344 g/mol. The normalized spacial score (nSPS) is 11.4. The molecule has 0 aliphatic carbocycles. The van der Waals surface area contributed by atoms with Gasteiger partial charge < -0.3 is 4.57 Å². The summed E-state index contributed by atoms with van der Waals surface area (Å²) in [5, 5.41) is 1.02. The summed E-state index contributed by atoms with van der Waals surface area (Å²) >= 11 is 13.4. The third kappa shape index (κ3) is 2.78. The molecule has 3 rings (SSSR count). The first-order valence-electron chi connectivity index (χ1n) is 6.46. The van der Waals surface area contributed by atoms with Gasteiger partial charge in [0.25, 0.3) is 0 Å². The van der Waals surface area contributed by atoms with Crippen LogP contribution in [0.25, 0.3) is 11.0 Å². The summed E-state index contributed by atoms with van der Waals surface area (Å²) in [4.78, 5) is 10.0. The number of halogens is 3. The van der Waals surface area contributed by atoms with E-state index in [1.54, 1.807) is 11.3 Å². The summed E-state index contributed by atoms with van der Waals surface area (Å²) < 4.78 is 15.6. The lowest BCUT2D eigenvalue weighted by Crippen LogP contribution is -2.03. The molecule has 3 aromatic rings. The van der Waals surface area contributed by atoms with Crippen LogP contribution in [0.4, 0.5) is 4.39 Å². The Morgan fingerprint density at radius 3 is 2.86 bits per heavy atom. The molecule has 21 heavy (non-hydrogen) atoms. The lowest BCUT2D eigenvalue weighted by molar-refractivity contribution is 0.628. The van der Waals surface area contributed by atoms with Crippen molar-refractivity contribution in [3.63, 3.8) is 0 Å². The van der Waals surface area contributed by atoms with Gasteiger partial charge in [0.2, 0.25) is 0 Å². The van der Waals surface area contributed by atoms with Gasteiger partial charge in [-0.2, -0.15) is 0 Å². The van der Waals surface area contributed by atoms with Gasteiger partial charge in [-0.05, 0) is 12.5 Å². The molecule has 0 atom stereocenters. The van der Waals surface area contributed by atoms with Crippen LogP contribution in [0.3, 0.4) is 0 Å². The van der Waals surface area contributed by atoms with E-state index >= 15 is 0 Å². The first-order chi connectivity index (χ1) is 10.1. The van der Waals surface area contributed by atoms with Crippen molar-refractivity contribution in [1.82, 2.24) is 14.5 Å². The second kappa shape index (κ2) is 5.91. The van der Waals surface area contributed by atoms with Crippen molar-refractivity contribution >= 4 is 45.6 Å². The molecular weight excluding hydrogens is 332 g/mol. The van der Waals surface area contributed by atoms with E-state index in [1.807, 2.05) is 10.8 Å². The van der Waals surface area contributed by atoms with Gasteiger partial charge in [0, 0.05) is 17.1 Å². The Morgan fingerprint density at radius 2 is 2.19 bits per heavy atom. The van der Waals surface area contributed by atoms with Crippen molar-refractivity contribution in [1.29, 1.82) is 0 Å². The highest BCUT2D eigenvalue weighted by atomic mass is 35.5. The molecule has 0 aliphatic rings. The number of thiazole rings is 1. The molecule has 2 heterocycles. The molecule has 0 spiro atoms. The number of alkyl halides is 1. The topological polar surface area (TPSA) is 30.7 Å². The van der Waals surface area contributed by atoms with E-state index in [9.17, 15) is 4.39 Å². The zero-order chi connectivity index (χ0) is 15.0. The van der Waals surface area contributed by atoms with E-state index in [4.69, 9.17) is 23.2 Å². The minimum absolute atomic E-state index is 0.0655. The second-order valence-corrected chi connectivity index (χ2v) is 6.45. The Morgan fingerprint density at radius 1 is 1.38 bits per heavy atom. The fourth-order valence-corrected chi connectivity index (χ4v) is 3.38. The Hall–Kier alpha value is -1.17. The Labute approximate surface area is 135 Å². The van der Waals surface area contributed by atoms with E-state index in [0.29, 0.717) is 23.4 Å². The number of aryl methyl sites for hydroxylation is 1. The van der Waals surface area contributed by atoms with Gasteiger partial charge >= 0.3 is 0 Å². The molecule has 2 aromatic heterocycles. The first-order valence-corrected chi connectivity index (χ1v) is 8.19. The van der Waals surface area contributed by atoms with Gasteiger partial charge in [-0.25, -0.2) is 14.4 Å². The molecule has 7 heteroatoms. The number of hydrogen-bond donors (Lipinski definition) is 0. The Kier molecular flexibility index (Phi) is 4.15. The van der Waals surface area contributed by atoms with Crippen LogP contribution in [-0.4, -0.2) is 14.5 Å². The van der Waals surface area contributed by atoms with Crippen LogP contribution in [0.2, 0.25) is 5.02 Å². The predicted octanol–water partition coefficient (Wildman–Crippen LogP) is 4.63. The summed E-state index contributed by atoms with van der Waals surface area (Å²) in [6, 6.07) is 2.92. The average Bonchev–Trinajstić information content (AvgIpc) is 3.05. The van der Waals surface area contributed by atoms with Crippen LogP contribution in [0.5, 0.6) is 0 Å². The maximum absolute atomic E-state index is 13.7. The number of fused-ring (bicyclic) bond motifs is 1. The number of hydrogen-bond acceptors (Lipinski definition) is 3. The quantitative estimate of drug-likeness (QED) is 0.646. The minimum atomic E-state index is -0.458. The molecule has 0 saturated heterocycles. The van der Waals surface area contributed by atoms with Crippen molar-refractivity contribution in [3.8, 4) is 0 Å². The predicted molar refractivity (Wildman–Crippen MR) is 84.9 cm³/mol. The van der Waals surface area contributed by atoms with E-state index in [0.717, 1.165) is 11.4 Å². The van der Waals surface area contributed by atoms with Gasteiger partial charge in [-0.3, -0.25) is 0 Å². The third-order valence-electron chi connectivity index (χ3n) is 3.23. The molecular formula is C14H12Cl2FN3S. The number of nitrogens with zero attached hydrogens (tertiary/aromatic N) is 3. The molecule has 1 aromatic carbocycles. The molecule has 0 amide bonds. The molecule has 0 N–H and O–H groups in total. The summed E-state index contributed by atoms with van der Waals surface area (Å²) in [6.07, 6.45) is 2.83.